The molecule has 0 bridgehead atoms. The van der Waals surface area contributed by atoms with Crippen LogP contribution in [-0.2, 0) is 30.0 Å². The number of rotatable bonds is 9. The standard InChI is InChI=1S/C19H22F3NO7/c1-5-29-16(26)18(23-11(3)24,17(27)30-6-2)10-14(25)12-7-8-15(28-4)13(9-12)19(20,21)22/h7-9H,5-6,10H2,1-4H3,(H,23,24). The number of hydrogen-bond donors (Lipinski definition) is 1. The summed E-state index contributed by atoms with van der Waals surface area (Å²) < 4.78 is 54.1. The number of Topliss-reactive ketones (excluding diaryl/α,β-unsaturated/α-hetero) is 1. The van der Waals surface area contributed by atoms with Gasteiger partial charge in [-0.2, -0.15) is 13.2 Å². The molecule has 0 saturated heterocycles. The zero-order chi connectivity index (χ0) is 23.1. The summed E-state index contributed by atoms with van der Waals surface area (Å²) in [6.07, 6.45) is -5.83. The summed E-state index contributed by atoms with van der Waals surface area (Å²) in [4.78, 5) is 49.5. The van der Waals surface area contributed by atoms with Gasteiger partial charge in [0.1, 0.15) is 5.75 Å². The highest BCUT2D eigenvalue weighted by Gasteiger charge is 2.52. The van der Waals surface area contributed by atoms with Gasteiger partial charge in [-0.3, -0.25) is 9.59 Å². The lowest BCUT2D eigenvalue weighted by Gasteiger charge is -2.29. The number of amides is 1. The molecule has 1 rings (SSSR count). The van der Waals surface area contributed by atoms with Crippen molar-refractivity contribution in [3.63, 3.8) is 0 Å². The average molecular weight is 433 g/mol. The van der Waals surface area contributed by atoms with E-state index >= 15 is 0 Å². The molecule has 30 heavy (non-hydrogen) atoms. The van der Waals surface area contributed by atoms with Crippen LogP contribution in [0, 0.1) is 0 Å². The zero-order valence-electron chi connectivity index (χ0n) is 16.8. The monoisotopic (exact) mass is 433 g/mol. The highest BCUT2D eigenvalue weighted by atomic mass is 19.4. The van der Waals surface area contributed by atoms with Crippen LogP contribution in [0.15, 0.2) is 18.2 Å². The molecule has 11 heteroatoms. The Kier molecular flexibility index (Phi) is 8.38. The largest absolute Gasteiger partial charge is 0.496 e. The fraction of sp³-hybridized carbons (Fsp3) is 0.474. The predicted molar refractivity (Wildman–Crippen MR) is 96.8 cm³/mol. The van der Waals surface area contributed by atoms with Gasteiger partial charge in [0.25, 0.3) is 0 Å². The molecule has 1 aromatic carbocycles. The zero-order valence-corrected chi connectivity index (χ0v) is 16.8. The fourth-order valence-electron chi connectivity index (χ4n) is 2.63. The van der Waals surface area contributed by atoms with E-state index in [4.69, 9.17) is 9.47 Å². The van der Waals surface area contributed by atoms with E-state index in [-0.39, 0.29) is 13.2 Å². The number of halogens is 3. The molecule has 1 N–H and O–H groups in total. The number of methoxy groups -OCH3 is 1. The summed E-state index contributed by atoms with van der Waals surface area (Å²) in [5, 5.41) is 2.07. The smallest absolute Gasteiger partial charge is 0.419 e. The molecule has 0 radical (unpaired) electrons. The van der Waals surface area contributed by atoms with Crippen molar-refractivity contribution in [1.29, 1.82) is 0 Å². The molecule has 0 fully saturated rings. The number of carbonyl (C=O) groups is 4. The highest BCUT2D eigenvalue weighted by molar-refractivity contribution is 6.13. The van der Waals surface area contributed by atoms with Crippen LogP contribution in [-0.4, -0.2) is 49.5 Å². The van der Waals surface area contributed by atoms with E-state index in [1.165, 1.54) is 13.8 Å². The third-order valence-electron chi connectivity index (χ3n) is 3.89. The number of nitrogens with one attached hydrogen (secondary N) is 1. The van der Waals surface area contributed by atoms with Crippen LogP contribution in [0.3, 0.4) is 0 Å². The van der Waals surface area contributed by atoms with Crippen molar-refractivity contribution >= 4 is 23.6 Å². The quantitative estimate of drug-likeness (QED) is 0.362. The molecule has 8 nitrogen and oxygen atoms in total. The van der Waals surface area contributed by atoms with Gasteiger partial charge in [0.05, 0.1) is 32.3 Å². The van der Waals surface area contributed by atoms with Gasteiger partial charge in [-0.25, -0.2) is 9.59 Å². The summed E-state index contributed by atoms with van der Waals surface area (Å²) in [5.41, 5.74) is -4.22. The first-order valence-electron chi connectivity index (χ1n) is 8.84. The maximum absolute atomic E-state index is 13.2. The van der Waals surface area contributed by atoms with Gasteiger partial charge in [0.15, 0.2) is 5.78 Å². The molecule has 0 aromatic heterocycles. The highest BCUT2D eigenvalue weighted by Crippen LogP contribution is 2.37. The van der Waals surface area contributed by atoms with Crippen LogP contribution in [0.4, 0.5) is 13.2 Å². The number of carbonyl (C=O) groups excluding carboxylic acids is 4. The Labute approximate surface area is 170 Å². The first-order valence-corrected chi connectivity index (χ1v) is 8.84. The molecule has 0 unspecified atom stereocenters. The summed E-state index contributed by atoms with van der Waals surface area (Å²) in [6, 6.07) is 2.52. The molecule has 0 heterocycles. The van der Waals surface area contributed by atoms with Gasteiger partial charge in [-0.15, -0.1) is 0 Å². The van der Waals surface area contributed by atoms with Gasteiger partial charge in [-0.05, 0) is 32.0 Å². The van der Waals surface area contributed by atoms with Crippen molar-refractivity contribution in [2.75, 3.05) is 20.3 Å². The number of ether oxygens (including phenoxy) is 3. The number of hydrogen-bond acceptors (Lipinski definition) is 7. The van der Waals surface area contributed by atoms with Crippen molar-refractivity contribution in [2.45, 2.75) is 38.9 Å². The van der Waals surface area contributed by atoms with Gasteiger partial charge in [-0.1, -0.05) is 0 Å². The molecule has 0 aliphatic carbocycles. The van der Waals surface area contributed by atoms with Crippen LogP contribution >= 0.6 is 0 Å². The maximum Gasteiger partial charge on any atom is 0.419 e. The van der Waals surface area contributed by atoms with Gasteiger partial charge < -0.3 is 19.5 Å². The van der Waals surface area contributed by atoms with E-state index in [0.717, 1.165) is 26.2 Å². The van der Waals surface area contributed by atoms with Gasteiger partial charge in [0.2, 0.25) is 11.4 Å². The van der Waals surface area contributed by atoms with Crippen molar-refractivity contribution in [2.24, 2.45) is 0 Å². The predicted octanol–water partition coefficient (Wildman–Crippen LogP) is 2.29. The number of esters is 2. The minimum atomic E-state index is -4.82. The van der Waals surface area contributed by atoms with Crippen LogP contribution in [0.2, 0.25) is 0 Å². The summed E-state index contributed by atoms with van der Waals surface area (Å²) in [6.45, 7) is 3.49. The van der Waals surface area contributed by atoms with Crippen LogP contribution in [0.5, 0.6) is 5.75 Å². The molecule has 0 aliphatic rings. The molecular weight excluding hydrogens is 411 g/mol. The second-order valence-corrected chi connectivity index (χ2v) is 6.04. The Morgan fingerprint density at radius 1 is 1.00 bits per heavy atom. The lowest BCUT2D eigenvalue weighted by Crippen LogP contribution is -2.62. The average Bonchev–Trinajstić information content (AvgIpc) is 2.66. The Hall–Kier alpha value is -3.11. The number of benzene rings is 1. The minimum Gasteiger partial charge on any atom is -0.496 e. The van der Waals surface area contributed by atoms with Crippen LogP contribution in [0.25, 0.3) is 0 Å². The molecule has 0 aliphatic heterocycles. The Bertz CT molecular complexity index is 803. The van der Waals surface area contributed by atoms with Crippen molar-refractivity contribution < 1.29 is 46.6 Å². The summed E-state index contributed by atoms with van der Waals surface area (Å²) >= 11 is 0. The SMILES string of the molecule is CCOC(=O)C(CC(=O)c1ccc(OC)c(C(F)(F)F)c1)(NC(C)=O)C(=O)OCC. The number of alkyl halides is 3. The van der Waals surface area contributed by atoms with E-state index in [1.807, 2.05) is 0 Å². The molecule has 166 valence electrons. The van der Waals surface area contributed by atoms with Crippen molar-refractivity contribution in [3.05, 3.63) is 29.3 Å². The van der Waals surface area contributed by atoms with E-state index < -0.39 is 58.6 Å². The molecule has 0 atom stereocenters. The van der Waals surface area contributed by atoms with E-state index in [0.29, 0.717) is 6.07 Å². The summed E-state index contributed by atoms with van der Waals surface area (Å²) in [5.74, 6) is -4.93. The molecule has 0 saturated carbocycles. The van der Waals surface area contributed by atoms with Crippen LogP contribution < -0.4 is 10.1 Å². The molecular formula is C19H22F3NO7. The topological polar surface area (TPSA) is 108 Å². The second kappa shape index (κ2) is 10.1. The first-order chi connectivity index (χ1) is 13.9. The summed E-state index contributed by atoms with van der Waals surface area (Å²) in [7, 11) is 1.04. The third-order valence-corrected chi connectivity index (χ3v) is 3.89. The first kappa shape index (κ1) is 24.9. The number of ketones is 1. The normalized spacial score (nSPS) is 11.4. The van der Waals surface area contributed by atoms with Crippen LogP contribution in [0.1, 0.15) is 43.1 Å². The molecule has 1 aromatic rings. The lowest BCUT2D eigenvalue weighted by atomic mass is 9.89. The minimum absolute atomic E-state index is 0.186. The molecule has 0 spiro atoms. The third kappa shape index (κ3) is 5.71. The molecule has 1 amide bonds. The van der Waals surface area contributed by atoms with E-state index in [1.54, 1.807) is 0 Å². The van der Waals surface area contributed by atoms with Gasteiger partial charge >= 0.3 is 18.1 Å². The van der Waals surface area contributed by atoms with Gasteiger partial charge in [0, 0.05) is 12.5 Å². The Morgan fingerprint density at radius 3 is 1.93 bits per heavy atom. The van der Waals surface area contributed by atoms with Crippen molar-refractivity contribution in [1.82, 2.24) is 5.32 Å². The van der Waals surface area contributed by atoms with E-state index in [9.17, 15) is 32.3 Å². The Morgan fingerprint density at radius 2 is 1.53 bits per heavy atom. The maximum atomic E-state index is 13.2. The van der Waals surface area contributed by atoms with E-state index in [2.05, 4.69) is 10.1 Å². The Balaban J connectivity index is 3.48. The fourth-order valence-corrected chi connectivity index (χ4v) is 2.63. The second-order valence-electron chi connectivity index (χ2n) is 6.04. The van der Waals surface area contributed by atoms with Crippen molar-refractivity contribution in [3.8, 4) is 5.75 Å². The lowest BCUT2D eigenvalue weighted by molar-refractivity contribution is -0.167.